The van der Waals surface area contributed by atoms with Crippen LogP contribution in [0.2, 0.25) is 0 Å². The number of pyridine rings is 2. The summed E-state index contributed by atoms with van der Waals surface area (Å²) in [6, 6.07) is 14.5. The van der Waals surface area contributed by atoms with E-state index < -0.39 is 23.5 Å². The molecule has 3 heterocycles. The maximum absolute atomic E-state index is 15.9. The molecular formula is C38H44F2N4O4. The van der Waals surface area contributed by atoms with Crippen molar-refractivity contribution in [2.45, 2.75) is 72.5 Å². The molecule has 0 amide bonds. The number of carbonyl (C=O) groups is 1. The zero-order chi connectivity index (χ0) is 34.6. The smallest absolute Gasteiger partial charge is 0.337 e. The Morgan fingerprint density at radius 2 is 1.71 bits per heavy atom. The quantitative estimate of drug-likeness (QED) is 0.165. The molecule has 0 spiro atoms. The van der Waals surface area contributed by atoms with Crippen molar-refractivity contribution in [2.24, 2.45) is 5.41 Å². The lowest BCUT2D eigenvalue weighted by Gasteiger charge is -2.41. The molecule has 0 radical (unpaired) electrons. The first-order valence-corrected chi connectivity index (χ1v) is 16.2. The van der Waals surface area contributed by atoms with Crippen molar-refractivity contribution in [3.05, 3.63) is 95.4 Å². The summed E-state index contributed by atoms with van der Waals surface area (Å²) in [6.45, 7) is 13.2. The average molecular weight is 659 g/mol. The molecule has 0 bridgehead atoms. The molecule has 1 aliphatic rings. The van der Waals surface area contributed by atoms with Crippen LogP contribution in [0, 0.1) is 24.0 Å². The molecule has 0 aliphatic carbocycles. The number of benzene rings is 2. The van der Waals surface area contributed by atoms with Gasteiger partial charge in [-0.25, -0.2) is 18.6 Å². The van der Waals surface area contributed by atoms with Gasteiger partial charge in [0.05, 0.1) is 17.9 Å². The number of anilines is 3. The minimum absolute atomic E-state index is 0.0746. The summed E-state index contributed by atoms with van der Waals surface area (Å²) in [7, 11) is 0. The largest absolute Gasteiger partial charge is 0.490 e. The van der Waals surface area contributed by atoms with Gasteiger partial charge >= 0.3 is 5.97 Å². The number of carboxylic acids is 1. The number of ether oxygens (including phenoxy) is 2. The van der Waals surface area contributed by atoms with Crippen LogP contribution in [-0.2, 0) is 16.0 Å². The monoisotopic (exact) mass is 658 g/mol. The second-order valence-corrected chi connectivity index (χ2v) is 14.0. The van der Waals surface area contributed by atoms with Crippen molar-refractivity contribution in [3.63, 3.8) is 0 Å². The molecule has 0 saturated carbocycles. The standard InChI is InChI=1S/C38H44F2N4O4/c1-24-31(34(36(45)46)48-37(2,3)4)33(44-20-16-38(5,6)17-21-44)32(35(42-24)43-28-13-18-41-19-14-28)26-9-12-30(29(40)23-26)47-22-15-25-7-10-27(39)11-8-25/h7-14,18-19,23,34H,15-17,20-22H2,1-6H3,(H,45,46)(H,41,42,43)/t34-/m0/s1. The highest BCUT2D eigenvalue weighted by Gasteiger charge is 2.37. The molecule has 0 unspecified atom stereocenters. The van der Waals surface area contributed by atoms with E-state index in [4.69, 9.17) is 14.5 Å². The van der Waals surface area contributed by atoms with Gasteiger partial charge in [-0.05, 0) is 93.5 Å². The van der Waals surface area contributed by atoms with Crippen molar-refractivity contribution in [3.8, 4) is 16.9 Å². The Morgan fingerprint density at radius 1 is 1.04 bits per heavy atom. The van der Waals surface area contributed by atoms with Crippen molar-refractivity contribution < 1.29 is 28.2 Å². The number of piperidine rings is 1. The lowest BCUT2D eigenvalue weighted by molar-refractivity contribution is -0.160. The Balaban J connectivity index is 1.65. The summed E-state index contributed by atoms with van der Waals surface area (Å²) in [6.07, 6.45) is 4.24. The average Bonchev–Trinajstić information content (AvgIpc) is 3.02. The molecule has 2 aromatic heterocycles. The van der Waals surface area contributed by atoms with Crippen LogP contribution in [0.3, 0.4) is 0 Å². The van der Waals surface area contributed by atoms with Crippen molar-refractivity contribution in [2.75, 3.05) is 29.9 Å². The summed E-state index contributed by atoms with van der Waals surface area (Å²) in [5.41, 5.74) is 3.58. The van der Waals surface area contributed by atoms with Crippen LogP contribution in [0.25, 0.3) is 11.1 Å². The van der Waals surface area contributed by atoms with Crippen LogP contribution < -0.4 is 15.0 Å². The molecule has 1 aliphatic heterocycles. The predicted molar refractivity (Wildman–Crippen MR) is 184 cm³/mol. The van der Waals surface area contributed by atoms with Gasteiger partial charge < -0.3 is 24.8 Å². The third kappa shape index (κ3) is 8.47. The van der Waals surface area contributed by atoms with Crippen LogP contribution in [0.1, 0.15) is 70.4 Å². The summed E-state index contributed by atoms with van der Waals surface area (Å²) in [4.78, 5) is 24.2. The lowest BCUT2D eigenvalue weighted by Crippen LogP contribution is -2.39. The fraction of sp³-hybridized carbons (Fsp3) is 0.395. The number of aliphatic carboxylic acids is 1. The number of aromatic nitrogens is 2. The Morgan fingerprint density at radius 3 is 2.31 bits per heavy atom. The summed E-state index contributed by atoms with van der Waals surface area (Å²) in [5.74, 6) is -1.50. The van der Waals surface area contributed by atoms with E-state index in [0.29, 0.717) is 53.4 Å². The SMILES string of the molecule is Cc1nc(Nc2ccncc2)c(-c2ccc(OCCc3ccc(F)cc3)c(F)c2)c(N2CCC(C)(C)CC2)c1[C@H](OC(C)(C)C)C(=O)O. The first-order valence-electron chi connectivity index (χ1n) is 16.2. The van der Waals surface area contributed by atoms with Gasteiger partial charge in [0, 0.05) is 54.4 Å². The lowest BCUT2D eigenvalue weighted by atomic mass is 9.82. The van der Waals surface area contributed by atoms with Crippen molar-refractivity contribution >= 4 is 23.2 Å². The first kappa shape index (κ1) is 34.8. The molecular weight excluding hydrogens is 614 g/mol. The van der Waals surface area contributed by atoms with E-state index >= 15 is 4.39 Å². The topological polar surface area (TPSA) is 96.8 Å². The van der Waals surface area contributed by atoms with Crippen LogP contribution in [0.5, 0.6) is 5.75 Å². The van der Waals surface area contributed by atoms with E-state index in [1.807, 2.05) is 20.8 Å². The van der Waals surface area contributed by atoms with Gasteiger partial charge in [0.1, 0.15) is 11.6 Å². The Bertz CT molecular complexity index is 1730. The maximum atomic E-state index is 15.9. The van der Waals surface area contributed by atoms with Gasteiger partial charge in [0.15, 0.2) is 17.7 Å². The first-order chi connectivity index (χ1) is 22.7. The van der Waals surface area contributed by atoms with Gasteiger partial charge in [-0.2, -0.15) is 0 Å². The number of nitrogens with zero attached hydrogens (tertiary/aromatic N) is 3. The second-order valence-electron chi connectivity index (χ2n) is 14.0. The summed E-state index contributed by atoms with van der Waals surface area (Å²) < 4.78 is 41.2. The number of halogens is 2. The molecule has 254 valence electrons. The highest BCUT2D eigenvalue weighted by molar-refractivity contribution is 5.93. The van der Waals surface area contributed by atoms with Gasteiger partial charge in [0.2, 0.25) is 0 Å². The van der Waals surface area contributed by atoms with Gasteiger partial charge in [-0.1, -0.05) is 32.0 Å². The van der Waals surface area contributed by atoms with Gasteiger partial charge in [-0.15, -0.1) is 0 Å². The molecule has 2 N–H and O–H groups in total. The normalized spacial score (nSPS) is 15.2. The maximum Gasteiger partial charge on any atom is 0.337 e. The van der Waals surface area contributed by atoms with Crippen molar-refractivity contribution in [1.29, 1.82) is 0 Å². The molecule has 8 nitrogen and oxygen atoms in total. The minimum Gasteiger partial charge on any atom is -0.490 e. The Hall–Kier alpha value is -4.57. The highest BCUT2D eigenvalue weighted by Crippen LogP contribution is 2.47. The van der Waals surface area contributed by atoms with E-state index in [0.717, 1.165) is 24.1 Å². The van der Waals surface area contributed by atoms with E-state index in [-0.39, 0.29) is 23.6 Å². The molecule has 5 rings (SSSR count). The Labute approximate surface area is 281 Å². The summed E-state index contributed by atoms with van der Waals surface area (Å²) in [5, 5.41) is 14.0. The third-order valence-electron chi connectivity index (χ3n) is 8.51. The number of nitrogens with one attached hydrogen (secondary N) is 1. The zero-order valence-corrected chi connectivity index (χ0v) is 28.4. The molecule has 1 saturated heterocycles. The Kier molecular flexibility index (Phi) is 10.3. The minimum atomic E-state index is -1.32. The number of carboxylic acid groups (broad SMARTS) is 1. The fourth-order valence-electron chi connectivity index (χ4n) is 5.91. The number of hydrogen-bond acceptors (Lipinski definition) is 7. The molecule has 4 aromatic rings. The fourth-order valence-corrected chi connectivity index (χ4v) is 5.91. The second kappa shape index (κ2) is 14.3. The number of aryl methyl sites for hydroxylation is 1. The third-order valence-corrected chi connectivity index (χ3v) is 8.51. The van der Waals surface area contributed by atoms with E-state index in [1.54, 1.807) is 55.7 Å². The van der Waals surface area contributed by atoms with Gasteiger partial charge in [-0.3, -0.25) is 4.98 Å². The van der Waals surface area contributed by atoms with E-state index in [1.165, 1.54) is 18.2 Å². The summed E-state index contributed by atoms with van der Waals surface area (Å²) >= 11 is 0. The molecule has 1 fully saturated rings. The number of rotatable bonds is 11. The highest BCUT2D eigenvalue weighted by atomic mass is 19.1. The van der Waals surface area contributed by atoms with Crippen LogP contribution >= 0.6 is 0 Å². The molecule has 48 heavy (non-hydrogen) atoms. The van der Waals surface area contributed by atoms with Crippen LogP contribution in [0.4, 0.5) is 26.0 Å². The zero-order valence-electron chi connectivity index (χ0n) is 28.4. The molecule has 1 atom stereocenters. The van der Waals surface area contributed by atoms with Crippen molar-refractivity contribution in [1.82, 2.24) is 9.97 Å². The van der Waals surface area contributed by atoms with E-state index in [2.05, 4.69) is 29.0 Å². The van der Waals surface area contributed by atoms with Gasteiger partial charge in [0.25, 0.3) is 0 Å². The van der Waals surface area contributed by atoms with Crippen LogP contribution in [-0.4, -0.2) is 46.3 Å². The predicted octanol–water partition coefficient (Wildman–Crippen LogP) is 8.66. The number of hydrogen-bond donors (Lipinski definition) is 2. The molecule has 2 aromatic carbocycles. The van der Waals surface area contributed by atoms with Crippen LogP contribution in [0.15, 0.2) is 67.0 Å². The van der Waals surface area contributed by atoms with E-state index in [9.17, 15) is 14.3 Å². The molecule has 10 heteroatoms.